The van der Waals surface area contributed by atoms with E-state index in [2.05, 4.69) is 42.5 Å². The molecular weight excluding hydrogens is 254 g/mol. The van der Waals surface area contributed by atoms with Crippen LogP contribution in [0.2, 0.25) is 0 Å². The fraction of sp³-hybridized carbons (Fsp3) is 0.312. The van der Waals surface area contributed by atoms with Gasteiger partial charge in [-0.25, -0.2) is 0 Å². The van der Waals surface area contributed by atoms with Gasteiger partial charge in [-0.15, -0.1) is 0 Å². The van der Waals surface area contributed by atoms with E-state index < -0.39 is 0 Å². The molecule has 0 aliphatic heterocycles. The van der Waals surface area contributed by atoms with Crippen molar-refractivity contribution in [1.29, 1.82) is 0 Å². The Morgan fingerprint density at radius 1 is 1.32 bits per heavy atom. The van der Waals surface area contributed by atoms with Crippen molar-refractivity contribution >= 4 is 23.1 Å². The second kappa shape index (κ2) is 8.44. The molecule has 0 atom stereocenters. The van der Waals surface area contributed by atoms with Crippen LogP contribution in [0, 0.1) is 11.2 Å². The SMILES string of the molecule is CCC#CSC(=C(C)C)c1ccc(CNC=O)cc1. The van der Waals surface area contributed by atoms with E-state index in [1.807, 2.05) is 19.1 Å². The zero-order valence-corrected chi connectivity index (χ0v) is 12.4. The number of allylic oxidation sites excluding steroid dienone is 1. The van der Waals surface area contributed by atoms with Gasteiger partial charge in [0.05, 0.1) is 0 Å². The Balaban J connectivity index is 2.86. The lowest BCUT2D eigenvalue weighted by atomic mass is 10.1. The first-order chi connectivity index (χ1) is 9.19. The van der Waals surface area contributed by atoms with E-state index in [0.717, 1.165) is 12.0 Å². The molecule has 2 nitrogen and oxygen atoms in total. The molecule has 0 spiro atoms. The van der Waals surface area contributed by atoms with E-state index in [1.54, 1.807) is 11.8 Å². The van der Waals surface area contributed by atoms with Crippen LogP contribution in [0.5, 0.6) is 0 Å². The fourth-order valence-electron chi connectivity index (χ4n) is 1.54. The lowest BCUT2D eigenvalue weighted by Gasteiger charge is -2.07. The van der Waals surface area contributed by atoms with E-state index in [4.69, 9.17) is 0 Å². The summed E-state index contributed by atoms with van der Waals surface area (Å²) in [7, 11) is 0. The average molecular weight is 273 g/mol. The Kier molecular flexibility index (Phi) is 6.84. The van der Waals surface area contributed by atoms with Crippen molar-refractivity contribution in [2.45, 2.75) is 33.7 Å². The first-order valence-corrected chi connectivity index (χ1v) is 7.09. The van der Waals surface area contributed by atoms with Crippen molar-refractivity contribution in [1.82, 2.24) is 5.32 Å². The lowest BCUT2D eigenvalue weighted by Crippen LogP contribution is -2.09. The Morgan fingerprint density at radius 2 is 2.00 bits per heavy atom. The third kappa shape index (κ3) is 5.23. The standard InChI is InChI=1S/C16H19NOS/c1-4-5-10-19-16(13(2)3)15-8-6-14(7-9-15)11-17-12-18/h6-9,12H,4,11H2,1-3H3,(H,17,18). The van der Waals surface area contributed by atoms with Gasteiger partial charge in [-0.2, -0.15) is 0 Å². The Labute approximate surface area is 119 Å². The molecule has 0 unspecified atom stereocenters. The van der Waals surface area contributed by atoms with Crippen LogP contribution >= 0.6 is 11.8 Å². The first-order valence-electron chi connectivity index (χ1n) is 6.27. The van der Waals surface area contributed by atoms with Gasteiger partial charge in [0.1, 0.15) is 0 Å². The minimum absolute atomic E-state index is 0.566. The molecule has 100 valence electrons. The van der Waals surface area contributed by atoms with E-state index in [-0.39, 0.29) is 0 Å². The van der Waals surface area contributed by atoms with Crippen molar-refractivity contribution in [2.24, 2.45) is 0 Å². The van der Waals surface area contributed by atoms with Crippen LogP contribution in [-0.2, 0) is 11.3 Å². The third-order valence-corrected chi connectivity index (χ3v) is 3.56. The molecule has 3 heteroatoms. The summed E-state index contributed by atoms with van der Waals surface area (Å²) >= 11 is 1.58. The summed E-state index contributed by atoms with van der Waals surface area (Å²) < 4.78 is 0. The van der Waals surface area contributed by atoms with Gasteiger partial charge < -0.3 is 5.32 Å². The summed E-state index contributed by atoms with van der Waals surface area (Å²) in [5.74, 6) is 3.07. The Bertz CT molecular complexity index is 502. The molecule has 1 aromatic carbocycles. The summed E-state index contributed by atoms with van der Waals surface area (Å²) in [6.07, 6.45) is 1.59. The zero-order valence-electron chi connectivity index (χ0n) is 11.6. The van der Waals surface area contributed by atoms with Gasteiger partial charge in [0.15, 0.2) is 0 Å². The van der Waals surface area contributed by atoms with Gasteiger partial charge in [-0.1, -0.05) is 42.7 Å². The lowest BCUT2D eigenvalue weighted by molar-refractivity contribution is -0.109. The normalized spacial score (nSPS) is 9.21. The maximum atomic E-state index is 10.3. The van der Waals surface area contributed by atoms with Crippen LogP contribution < -0.4 is 5.32 Å². The van der Waals surface area contributed by atoms with Gasteiger partial charge in [0.25, 0.3) is 0 Å². The monoisotopic (exact) mass is 273 g/mol. The number of hydrogen-bond acceptors (Lipinski definition) is 2. The van der Waals surface area contributed by atoms with E-state index in [0.29, 0.717) is 13.0 Å². The number of carbonyl (C=O) groups is 1. The van der Waals surface area contributed by atoms with E-state index >= 15 is 0 Å². The number of hydrogen-bond donors (Lipinski definition) is 1. The second-order valence-corrected chi connectivity index (χ2v) is 5.08. The van der Waals surface area contributed by atoms with Gasteiger partial charge in [-0.3, -0.25) is 4.79 Å². The van der Waals surface area contributed by atoms with Crippen LogP contribution in [0.4, 0.5) is 0 Å². The molecular formula is C16H19NOS. The topological polar surface area (TPSA) is 29.1 Å². The van der Waals surface area contributed by atoms with Gasteiger partial charge in [0.2, 0.25) is 6.41 Å². The molecule has 0 bridgehead atoms. The second-order valence-electron chi connectivity index (χ2n) is 4.26. The molecule has 1 N–H and O–H groups in total. The van der Waals surface area contributed by atoms with Crippen molar-refractivity contribution in [3.8, 4) is 11.2 Å². The summed E-state index contributed by atoms with van der Waals surface area (Å²) in [6, 6.07) is 8.21. The third-order valence-electron chi connectivity index (χ3n) is 2.46. The molecule has 0 aliphatic rings. The zero-order chi connectivity index (χ0) is 14.1. The molecule has 0 saturated heterocycles. The molecule has 1 amide bonds. The summed E-state index contributed by atoms with van der Waals surface area (Å²) in [4.78, 5) is 11.5. The molecule has 1 rings (SSSR count). The molecule has 0 radical (unpaired) electrons. The number of nitrogens with one attached hydrogen (secondary N) is 1. The van der Waals surface area contributed by atoms with Crippen molar-refractivity contribution in [2.75, 3.05) is 0 Å². The predicted molar refractivity (Wildman–Crippen MR) is 83.3 cm³/mol. The smallest absolute Gasteiger partial charge is 0.207 e. The number of carbonyl (C=O) groups excluding carboxylic acids is 1. The number of thioether (sulfide) groups is 1. The maximum Gasteiger partial charge on any atom is 0.207 e. The highest BCUT2D eigenvalue weighted by molar-refractivity contribution is 8.12. The predicted octanol–water partition coefficient (Wildman–Crippen LogP) is 3.79. The quantitative estimate of drug-likeness (QED) is 0.653. The van der Waals surface area contributed by atoms with Gasteiger partial charge in [-0.05, 0) is 42.0 Å². The van der Waals surface area contributed by atoms with Gasteiger partial charge >= 0.3 is 0 Å². The average Bonchev–Trinajstić information content (AvgIpc) is 2.42. The van der Waals surface area contributed by atoms with Crippen LogP contribution in [0.1, 0.15) is 38.3 Å². The maximum absolute atomic E-state index is 10.3. The summed E-state index contributed by atoms with van der Waals surface area (Å²) in [5.41, 5.74) is 3.52. The number of rotatable bonds is 5. The number of amides is 1. The van der Waals surface area contributed by atoms with Crippen molar-refractivity contribution in [3.05, 3.63) is 41.0 Å². The Morgan fingerprint density at radius 3 is 2.53 bits per heavy atom. The molecule has 0 fully saturated rings. The molecule has 0 aliphatic carbocycles. The van der Waals surface area contributed by atoms with Crippen LogP contribution in [0.15, 0.2) is 29.8 Å². The van der Waals surface area contributed by atoms with E-state index in [9.17, 15) is 4.79 Å². The van der Waals surface area contributed by atoms with Crippen LogP contribution in [-0.4, -0.2) is 6.41 Å². The summed E-state index contributed by atoms with van der Waals surface area (Å²) in [5, 5.41) is 5.77. The Hall–Kier alpha value is -1.66. The van der Waals surface area contributed by atoms with Crippen LogP contribution in [0.25, 0.3) is 4.91 Å². The molecule has 0 heterocycles. The van der Waals surface area contributed by atoms with E-state index in [1.165, 1.54) is 16.0 Å². The van der Waals surface area contributed by atoms with Crippen molar-refractivity contribution in [3.63, 3.8) is 0 Å². The van der Waals surface area contributed by atoms with Crippen molar-refractivity contribution < 1.29 is 4.79 Å². The number of benzene rings is 1. The van der Waals surface area contributed by atoms with Crippen LogP contribution in [0.3, 0.4) is 0 Å². The molecule has 0 aromatic heterocycles. The first kappa shape index (κ1) is 15.4. The summed E-state index contributed by atoms with van der Waals surface area (Å²) in [6.45, 7) is 6.80. The minimum Gasteiger partial charge on any atom is -0.355 e. The van der Waals surface area contributed by atoms with Gasteiger partial charge in [0, 0.05) is 17.9 Å². The highest BCUT2D eigenvalue weighted by Crippen LogP contribution is 2.30. The molecule has 19 heavy (non-hydrogen) atoms. The largest absolute Gasteiger partial charge is 0.355 e. The highest BCUT2D eigenvalue weighted by atomic mass is 32.2. The molecule has 0 saturated carbocycles. The highest BCUT2D eigenvalue weighted by Gasteiger charge is 2.03. The molecule has 1 aromatic rings. The minimum atomic E-state index is 0.566. The fourth-order valence-corrected chi connectivity index (χ4v) is 2.32.